The molecule has 3 heteroatoms. The summed E-state index contributed by atoms with van der Waals surface area (Å²) >= 11 is 0. The first-order chi connectivity index (χ1) is 25.3. The first-order valence-electron chi connectivity index (χ1n) is 17.6. The lowest BCUT2D eigenvalue weighted by atomic mass is 9.91. The molecule has 2 unspecified atom stereocenters. The quantitative estimate of drug-likeness (QED) is 0.178. The fourth-order valence-corrected chi connectivity index (χ4v) is 8.00. The van der Waals surface area contributed by atoms with E-state index < -0.39 is 0 Å². The molecule has 0 N–H and O–H groups in total. The van der Waals surface area contributed by atoms with Crippen molar-refractivity contribution < 1.29 is 4.42 Å². The second kappa shape index (κ2) is 12.1. The van der Waals surface area contributed by atoms with Crippen LogP contribution in [-0.4, -0.2) is 6.04 Å². The third kappa shape index (κ3) is 4.97. The number of fused-ring (bicyclic) bond motifs is 6. The Morgan fingerprint density at radius 2 is 1.16 bits per heavy atom. The molecule has 1 aliphatic carbocycles. The first-order valence-corrected chi connectivity index (χ1v) is 17.6. The van der Waals surface area contributed by atoms with Crippen molar-refractivity contribution in [1.82, 2.24) is 0 Å². The summed E-state index contributed by atoms with van der Waals surface area (Å²) in [5.41, 5.74) is 13.6. The van der Waals surface area contributed by atoms with Gasteiger partial charge in [-0.05, 0) is 89.0 Å². The predicted molar refractivity (Wildman–Crippen MR) is 213 cm³/mol. The van der Waals surface area contributed by atoms with E-state index in [1.54, 1.807) is 0 Å². The Labute approximate surface area is 297 Å². The lowest BCUT2D eigenvalue weighted by Crippen LogP contribution is -2.28. The standard InChI is InChI=1S/C48H34N2O/c1-3-12-34(13-4-1)40-18-11-19-43-44-32-35(24-31-47(44)51-48(40)43)33-22-25-37(26-23-33)49(36-14-5-2-6-15-36)38-27-29-39(30-28-38)50-45-20-9-7-16-41(45)42-17-8-10-21-46(42)50/h1-32,41,45H. The second-order valence-electron chi connectivity index (χ2n) is 13.3. The highest BCUT2D eigenvalue weighted by Crippen LogP contribution is 2.48. The van der Waals surface area contributed by atoms with Crippen LogP contribution in [0, 0.1) is 0 Å². The van der Waals surface area contributed by atoms with Crippen LogP contribution in [0.1, 0.15) is 11.5 Å². The van der Waals surface area contributed by atoms with Crippen molar-refractivity contribution in [1.29, 1.82) is 0 Å². The molecule has 242 valence electrons. The van der Waals surface area contributed by atoms with E-state index in [-0.39, 0.29) is 6.04 Å². The van der Waals surface area contributed by atoms with Crippen LogP contribution in [0.4, 0.5) is 28.4 Å². The van der Waals surface area contributed by atoms with Gasteiger partial charge < -0.3 is 14.2 Å². The Morgan fingerprint density at radius 3 is 1.96 bits per heavy atom. The zero-order chi connectivity index (χ0) is 33.7. The van der Waals surface area contributed by atoms with Gasteiger partial charge in [-0.15, -0.1) is 0 Å². The minimum Gasteiger partial charge on any atom is -0.455 e. The molecule has 2 heterocycles. The molecule has 0 amide bonds. The van der Waals surface area contributed by atoms with E-state index in [1.807, 2.05) is 6.07 Å². The predicted octanol–water partition coefficient (Wildman–Crippen LogP) is 13.1. The van der Waals surface area contributed by atoms with E-state index in [0.29, 0.717) is 5.92 Å². The topological polar surface area (TPSA) is 19.6 Å². The van der Waals surface area contributed by atoms with E-state index >= 15 is 0 Å². The van der Waals surface area contributed by atoms with Gasteiger partial charge in [-0.25, -0.2) is 0 Å². The van der Waals surface area contributed by atoms with Gasteiger partial charge in [-0.2, -0.15) is 0 Å². The average molecular weight is 655 g/mol. The Bertz CT molecular complexity index is 2580. The number of benzene rings is 7. The van der Waals surface area contributed by atoms with Crippen LogP contribution in [0.25, 0.3) is 44.2 Å². The maximum absolute atomic E-state index is 6.45. The normalized spacial score (nSPS) is 16.0. The van der Waals surface area contributed by atoms with Crippen molar-refractivity contribution in [2.24, 2.45) is 0 Å². The van der Waals surface area contributed by atoms with Crippen LogP contribution in [-0.2, 0) is 0 Å². The molecule has 0 spiro atoms. The van der Waals surface area contributed by atoms with Gasteiger partial charge in [0.25, 0.3) is 0 Å². The average Bonchev–Trinajstić information content (AvgIpc) is 3.75. The van der Waals surface area contributed by atoms with E-state index in [2.05, 4.69) is 198 Å². The maximum atomic E-state index is 6.45. The molecule has 8 aromatic rings. The summed E-state index contributed by atoms with van der Waals surface area (Å²) < 4.78 is 6.45. The van der Waals surface area contributed by atoms with Crippen molar-refractivity contribution in [3.63, 3.8) is 0 Å². The maximum Gasteiger partial charge on any atom is 0.143 e. The Kier molecular flexibility index (Phi) is 6.95. The van der Waals surface area contributed by atoms with Crippen molar-refractivity contribution in [2.45, 2.75) is 12.0 Å². The van der Waals surface area contributed by atoms with Gasteiger partial charge in [0.05, 0.1) is 6.04 Å². The summed E-state index contributed by atoms with van der Waals surface area (Å²) in [6.45, 7) is 0. The molecule has 2 aliphatic rings. The van der Waals surface area contributed by atoms with E-state index in [4.69, 9.17) is 4.42 Å². The zero-order valence-electron chi connectivity index (χ0n) is 27.9. The molecule has 10 rings (SSSR count). The summed E-state index contributed by atoms with van der Waals surface area (Å²) in [4.78, 5) is 4.81. The second-order valence-corrected chi connectivity index (χ2v) is 13.3. The molecular weight excluding hydrogens is 621 g/mol. The Balaban J connectivity index is 0.991. The number of rotatable bonds is 6. The minimum atomic E-state index is 0.279. The van der Waals surface area contributed by atoms with Crippen LogP contribution in [0.5, 0.6) is 0 Å². The minimum absolute atomic E-state index is 0.279. The molecule has 1 aliphatic heterocycles. The summed E-state index contributed by atoms with van der Waals surface area (Å²) in [5.74, 6) is 0.366. The molecule has 2 atom stereocenters. The van der Waals surface area contributed by atoms with Crippen LogP contribution < -0.4 is 9.80 Å². The van der Waals surface area contributed by atoms with Gasteiger partial charge in [0.1, 0.15) is 11.2 Å². The van der Waals surface area contributed by atoms with Gasteiger partial charge in [0.15, 0.2) is 0 Å². The lowest BCUT2D eigenvalue weighted by Gasteiger charge is -2.30. The molecule has 0 radical (unpaired) electrons. The fraction of sp³-hybridized carbons (Fsp3) is 0.0417. The molecule has 0 bridgehead atoms. The van der Waals surface area contributed by atoms with Crippen molar-refractivity contribution >= 4 is 50.4 Å². The van der Waals surface area contributed by atoms with Crippen LogP contribution in [0.15, 0.2) is 199 Å². The highest BCUT2D eigenvalue weighted by Gasteiger charge is 2.37. The largest absolute Gasteiger partial charge is 0.455 e. The Morgan fingerprint density at radius 1 is 0.490 bits per heavy atom. The van der Waals surface area contributed by atoms with Gasteiger partial charge in [0.2, 0.25) is 0 Å². The number of hydrogen-bond acceptors (Lipinski definition) is 3. The number of allylic oxidation sites excluding steroid dienone is 2. The molecule has 0 saturated carbocycles. The zero-order valence-corrected chi connectivity index (χ0v) is 27.9. The van der Waals surface area contributed by atoms with E-state index in [1.165, 1.54) is 16.9 Å². The van der Waals surface area contributed by atoms with Crippen molar-refractivity contribution in [3.05, 3.63) is 200 Å². The number of anilines is 5. The first kappa shape index (κ1) is 29.3. The number of hydrogen-bond donors (Lipinski definition) is 0. The number of para-hydroxylation sites is 3. The summed E-state index contributed by atoms with van der Waals surface area (Å²) in [7, 11) is 0. The molecule has 51 heavy (non-hydrogen) atoms. The van der Waals surface area contributed by atoms with Gasteiger partial charge in [0, 0.05) is 50.7 Å². The molecular formula is C48H34N2O. The molecule has 0 fully saturated rings. The van der Waals surface area contributed by atoms with Crippen LogP contribution in [0.2, 0.25) is 0 Å². The summed E-state index contributed by atoms with van der Waals surface area (Å²) in [5, 5.41) is 2.26. The molecule has 3 nitrogen and oxygen atoms in total. The summed E-state index contributed by atoms with van der Waals surface area (Å²) in [6.07, 6.45) is 9.00. The molecule has 1 aromatic heterocycles. The van der Waals surface area contributed by atoms with Gasteiger partial charge >= 0.3 is 0 Å². The third-order valence-electron chi connectivity index (χ3n) is 10.4. The van der Waals surface area contributed by atoms with Crippen LogP contribution in [0.3, 0.4) is 0 Å². The molecule has 0 saturated heterocycles. The smallest absolute Gasteiger partial charge is 0.143 e. The Hall–Kier alpha value is -6.58. The number of furan rings is 1. The third-order valence-corrected chi connectivity index (χ3v) is 10.4. The van der Waals surface area contributed by atoms with Crippen LogP contribution >= 0.6 is 0 Å². The van der Waals surface area contributed by atoms with Gasteiger partial charge in [-0.1, -0.05) is 127 Å². The van der Waals surface area contributed by atoms with E-state index in [9.17, 15) is 0 Å². The highest BCUT2D eigenvalue weighted by atomic mass is 16.3. The molecule has 7 aromatic carbocycles. The SMILES string of the molecule is C1=CC2c3ccccc3N(c3ccc(N(c4ccccc4)c4ccc(-c5ccc6oc7c(-c8ccccc8)cccc7c6c5)cc4)cc3)C2C=C1. The van der Waals surface area contributed by atoms with Crippen molar-refractivity contribution in [2.75, 3.05) is 9.80 Å². The number of nitrogens with zero attached hydrogens (tertiary/aromatic N) is 2. The van der Waals surface area contributed by atoms with Crippen molar-refractivity contribution in [3.8, 4) is 22.3 Å². The monoisotopic (exact) mass is 654 g/mol. The fourth-order valence-electron chi connectivity index (χ4n) is 8.00. The van der Waals surface area contributed by atoms with E-state index in [0.717, 1.165) is 61.3 Å². The summed E-state index contributed by atoms with van der Waals surface area (Å²) in [6, 6.07) is 61.0. The lowest BCUT2D eigenvalue weighted by molar-refractivity contribution is 0.670. The van der Waals surface area contributed by atoms with Gasteiger partial charge in [-0.3, -0.25) is 0 Å². The highest BCUT2D eigenvalue weighted by molar-refractivity contribution is 6.10.